The molecule has 1 spiro atoms. The van der Waals surface area contributed by atoms with Gasteiger partial charge in [-0.2, -0.15) is 0 Å². The fourth-order valence-corrected chi connectivity index (χ4v) is 10.6. The maximum atomic E-state index is 11.5. The van der Waals surface area contributed by atoms with Gasteiger partial charge in [0.05, 0.1) is 4.87 Å². The van der Waals surface area contributed by atoms with Crippen molar-refractivity contribution >= 4 is 17.7 Å². The summed E-state index contributed by atoms with van der Waals surface area (Å²) in [5.41, 5.74) is 1.11. The molecule has 5 rings (SSSR count). The van der Waals surface area contributed by atoms with E-state index in [1.54, 1.807) is 0 Å². The lowest BCUT2D eigenvalue weighted by atomic mass is 9.44. The molecule has 28 heavy (non-hydrogen) atoms. The number of thioether (sulfide) groups is 1. The van der Waals surface area contributed by atoms with Crippen LogP contribution in [0.25, 0.3) is 0 Å². The molecule has 0 bridgehead atoms. The van der Waals surface area contributed by atoms with Crippen molar-refractivity contribution in [1.82, 2.24) is 5.32 Å². The van der Waals surface area contributed by atoms with E-state index in [9.17, 15) is 9.90 Å². The first-order valence-electron chi connectivity index (χ1n) is 12.0. The summed E-state index contributed by atoms with van der Waals surface area (Å²) in [4.78, 5) is 11.5. The molecule has 3 unspecified atom stereocenters. The summed E-state index contributed by atoms with van der Waals surface area (Å²) in [6.07, 6.45) is 13.7. The minimum Gasteiger partial charge on any atom is -0.480 e. The van der Waals surface area contributed by atoms with Crippen molar-refractivity contribution in [2.24, 2.45) is 40.4 Å². The van der Waals surface area contributed by atoms with E-state index < -0.39 is 5.97 Å². The monoisotopic (exact) mass is 405 g/mol. The quantitative estimate of drug-likeness (QED) is 0.633. The molecule has 1 heterocycles. The fraction of sp³-hybridized carbons (Fsp3) is 0.958. The van der Waals surface area contributed by atoms with Crippen LogP contribution >= 0.6 is 11.8 Å². The Kier molecular flexibility index (Phi) is 4.68. The van der Waals surface area contributed by atoms with Gasteiger partial charge in [0.15, 0.2) is 0 Å². The van der Waals surface area contributed by atoms with E-state index in [0.29, 0.717) is 10.8 Å². The number of hydrogen-bond acceptors (Lipinski definition) is 3. The third-order valence-electron chi connectivity index (χ3n) is 10.7. The highest BCUT2D eigenvalue weighted by Crippen LogP contribution is 2.69. The Balaban J connectivity index is 1.35. The smallest absolute Gasteiger partial charge is 0.321 e. The molecule has 3 nitrogen and oxygen atoms in total. The third kappa shape index (κ3) is 2.69. The first-order valence-corrected chi connectivity index (χ1v) is 12.9. The molecule has 5 fully saturated rings. The lowest BCUT2D eigenvalue weighted by Crippen LogP contribution is -2.58. The molecule has 158 valence electrons. The molecule has 2 N–H and O–H groups in total. The molecule has 0 aromatic carbocycles. The van der Waals surface area contributed by atoms with Crippen molar-refractivity contribution in [3.8, 4) is 0 Å². The minimum absolute atomic E-state index is 0.0456. The van der Waals surface area contributed by atoms with Gasteiger partial charge in [0, 0.05) is 5.75 Å². The van der Waals surface area contributed by atoms with Crippen LogP contribution in [0.5, 0.6) is 0 Å². The summed E-state index contributed by atoms with van der Waals surface area (Å²) in [6, 6.07) is -0.342. The van der Waals surface area contributed by atoms with Gasteiger partial charge in [0.2, 0.25) is 0 Å². The second-order valence-electron chi connectivity index (χ2n) is 11.4. The van der Waals surface area contributed by atoms with Gasteiger partial charge in [0.25, 0.3) is 0 Å². The Hall–Kier alpha value is -0.220. The summed E-state index contributed by atoms with van der Waals surface area (Å²) in [6.45, 7) is 7.69. The van der Waals surface area contributed by atoms with E-state index in [4.69, 9.17) is 0 Å². The molecule has 9 atom stereocenters. The number of aliphatic carboxylic acids is 1. The minimum atomic E-state index is -0.667. The molecule has 4 aliphatic carbocycles. The summed E-state index contributed by atoms with van der Waals surface area (Å²) in [7, 11) is 0. The topological polar surface area (TPSA) is 49.3 Å². The summed E-state index contributed by atoms with van der Waals surface area (Å²) < 4.78 is 0. The molecule has 1 aliphatic heterocycles. The van der Waals surface area contributed by atoms with E-state index in [1.165, 1.54) is 57.8 Å². The van der Waals surface area contributed by atoms with Crippen molar-refractivity contribution in [1.29, 1.82) is 0 Å². The normalized spacial score (nSPS) is 55.5. The Morgan fingerprint density at radius 3 is 2.54 bits per heavy atom. The maximum absolute atomic E-state index is 11.5. The second-order valence-corrected chi connectivity index (χ2v) is 12.8. The Morgan fingerprint density at radius 1 is 1.04 bits per heavy atom. The van der Waals surface area contributed by atoms with Crippen LogP contribution in [0.2, 0.25) is 0 Å². The van der Waals surface area contributed by atoms with Crippen LogP contribution in [0.4, 0.5) is 0 Å². The lowest BCUT2D eigenvalue weighted by Gasteiger charge is -2.62. The van der Waals surface area contributed by atoms with Gasteiger partial charge < -0.3 is 5.11 Å². The van der Waals surface area contributed by atoms with Gasteiger partial charge in [-0.15, -0.1) is 11.8 Å². The second kappa shape index (κ2) is 6.64. The standard InChI is InChI=1S/C24H39NO2S/c1-4-15-6-8-18-17-7-5-16-13-24(25-20(14-28-24)21(26)27)12-11-23(16,3)19(17)9-10-22(15,18)2/h15-20,25H,4-14H2,1-3H3,(H,26,27)/t15-,16?,17-,18-,19-,20?,22+,23-,24?/m0/s1. The summed E-state index contributed by atoms with van der Waals surface area (Å²) in [5, 5.41) is 13.0. The van der Waals surface area contributed by atoms with E-state index in [0.717, 1.165) is 41.8 Å². The fourth-order valence-electron chi connectivity index (χ4n) is 9.05. The molecular formula is C24H39NO2S. The zero-order chi connectivity index (χ0) is 19.7. The number of fused-ring (bicyclic) bond motifs is 5. The first kappa shape index (κ1) is 19.7. The van der Waals surface area contributed by atoms with Crippen molar-refractivity contribution < 1.29 is 9.90 Å². The van der Waals surface area contributed by atoms with Crippen molar-refractivity contribution in [3.05, 3.63) is 0 Å². The number of carbonyl (C=O) groups is 1. The zero-order valence-corrected chi connectivity index (χ0v) is 18.8. The molecule has 4 heteroatoms. The van der Waals surface area contributed by atoms with Gasteiger partial charge in [-0.25, -0.2) is 0 Å². The third-order valence-corrected chi connectivity index (χ3v) is 12.2. The van der Waals surface area contributed by atoms with Crippen LogP contribution in [0.3, 0.4) is 0 Å². The van der Waals surface area contributed by atoms with E-state index >= 15 is 0 Å². The largest absolute Gasteiger partial charge is 0.480 e. The van der Waals surface area contributed by atoms with Crippen molar-refractivity contribution in [2.45, 2.75) is 95.9 Å². The SMILES string of the molecule is CC[C@H]1CC[C@H]2[C@@H]3CCC4CC5(CC[C@]4(C)[C@H]3CC[C@]12C)NC(C(=O)O)CS5. The molecule has 0 aromatic heterocycles. The van der Waals surface area contributed by atoms with Gasteiger partial charge in [0.1, 0.15) is 6.04 Å². The van der Waals surface area contributed by atoms with Crippen molar-refractivity contribution in [2.75, 3.05) is 5.75 Å². The van der Waals surface area contributed by atoms with Gasteiger partial charge >= 0.3 is 5.97 Å². The Labute approximate surface area is 175 Å². The molecule has 0 radical (unpaired) electrons. The van der Waals surface area contributed by atoms with Gasteiger partial charge in [-0.3, -0.25) is 10.1 Å². The van der Waals surface area contributed by atoms with Crippen LogP contribution in [-0.2, 0) is 4.79 Å². The number of nitrogens with one attached hydrogen (secondary N) is 1. The Morgan fingerprint density at radius 2 is 1.82 bits per heavy atom. The van der Waals surface area contributed by atoms with Gasteiger partial charge in [-0.05, 0) is 98.2 Å². The highest BCUT2D eigenvalue weighted by Gasteiger charge is 2.61. The summed E-state index contributed by atoms with van der Waals surface area (Å²) in [5.74, 6) is 4.66. The number of rotatable bonds is 2. The van der Waals surface area contributed by atoms with E-state index in [2.05, 4.69) is 26.1 Å². The zero-order valence-electron chi connectivity index (χ0n) is 18.0. The molecule has 0 aromatic rings. The molecule has 4 saturated carbocycles. The van der Waals surface area contributed by atoms with Crippen molar-refractivity contribution in [3.63, 3.8) is 0 Å². The summed E-state index contributed by atoms with van der Waals surface area (Å²) >= 11 is 1.91. The predicted octanol–water partition coefficient (Wildman–Crippen LogP) is 5.54. The average molecular weight is 406 g/mol. The average Bonchev–Trinajstić information content (AvgIpc) is 3.23. The number of carboxylic acid groups (broad SMARTS) is 1. The van der Waals surface area contributed by atoms with E-state index in [-0.39, 0.29) is 10.9 Å². The highest BCUT2D eigenvalue weighted by molar-refractivity contribution is 8.01. The lowest BCUT2D eigenvalue weighted by molar-refractivity contribution is -0.139. The van der Waals surface area contributed by atoms with Gasteiger partial charge in [-0.1, -0.05) is 27.2 Å². The molecular weight excluding hydrogens is 366 g/mol. The highest BCUT2D eigenvalue weighted by atomic mass is 32.2. The Bertz CT molecular complexity index is 655. The predicted molar refractivity (Wildman–Crippen MR) is 115 cm³/mol. The first-order chi connectivity index (χ1) is 13.3. The maximum Gasteiger partial charge on any atom is 0.321 e. The van der Waals surface area contributed by atoms with Crippen LogP contribution in [0.15, 0.2) is 0 Å². The molecule has 0 amide bonds. The van der Waals surface area contributed by atoms with Crippen LogP contribution < -0.4 is 5.32 Å². The molecule has 1 saturated heterocycles. The van der Waals surface area contributed by atoms with Crippen LogP contribution in [-0.4, -0.2) is 27.7 Å². The van der Waals surface area contributed by atoms with Crippen LogP contribution in [0, 0.1) is 40.4 Å². The number of hydrogen-bond donors (Lipinski definition) is 2. The molecule has 5 aliphatic rings. The van der Waals surface area contributed by atoms with E-state index in [1.807, 2.05) is 11.8 Å². The van der Waals surface area contributed by atoms with Crippen LogP contribution in [0.1, 0.15) is 85.0 Å². The number of carboxylic acids is 1.